The number of benzene rings is 2. The van der Waals surface area contributed by atoms with Crippen molar-refractivity contribution < 1.29 is 19.1 Å². The number of carbonyl (C=O) groups is 2. The van der Waals surface area contributed by atoms with E-state index in [-0.39, 0.29) is 24.5 Å². The van der Waals surface area contributed by atoms with Gasteiger partial charge in [-0.25, -0.2) is 4.98 Å². The Morgan fingerprint density at radius 1 is 1.12 bits per heavy atom. The second-order valence-electron chi connectivity index (χ2n) is 8.30. The minimum Gasteiger partial charge on any atom is -0.497 e. The fourth-order valence-electron chi connectivity index (χ4n) is 3.96. The summed E-state index contributed by atoms with van der Waals surface area (Å²) in [6, 6.07) is 17.8. The van der Waals surface area contributed by atoms with Crippen LogP contribution in [-0.2, 0) is 22.6 Å². The maximum atomic E-state index is 13.1. The normalized spacial score (nSPS) is 16.4. The summed E-state index contributed by atoms with van der Waals surface area (Å²) in [5.41, 5.74) is 2.51. The van der Waals surface area contributed by atoms with Gasteiger partial charge >= 0.3 is 0 Å². The number of hydrogen-bond donors (Lipinski definition) is 0. The Bertz CT molecular complexity index is 1120. The first-order chi connectivity index (χ1) is 16.5. The third kappa shape index (κ3) is 6.21. The van der Waals surface area contributed by atoms with Gasteiger partial charge in [-0.2, -0.15) is 0 Å². The second kappa shape index (κ2) is 11.3. The van der Waals surface area contributed by atoms with Crippen molar-refractivity contribution in [2.75, 3.05) is 33.3 Å². The molecule has 1 saturated heterocycles. The summed E-state index contributed by atoms with van der Waals surface area (Å²) in [5, 5.41) is 2.56. The minimum absolute atomic E-state index is 0.0171. The van der Waals surface area contributed by atoms with Crippen molar-refractivity contribution in [3.05, 3.63) is 81.8 Å². The van der Waals surface area contributed by atoms with Crippen LogP contribution in [0.25, 0.3) is 0 Å². The fourth-order valence-corrected chi connectivity index (χ4v) is 4.55. The number of hydrogen-bond acceptors (Lipinski definition) is 6. The third-order valence-electron chi connectivity index (χ3n) is 5.79. The van der Waals surface area contributed by atoms with Crippen LogP contribution in [0.3, 0.4) is 0 Å². The van der Waals surface area contributed by atoms with Gasteiger partial charge in [-0.05, 0) is 36.6 Å². The topological polar surface area (TPSA) is 72.0 Å². The lowest BCUT2D eigenvalue weighted by atomic mass is 10.1. The highest BCUT2D eigenvalue weighted by molar-refractivity contribution is 7.09. The van der Waals surface area contributed by atoms with E-state index in [1.165, 1.54) is 16.9 Å². The monoisotopic (exact) mass is 479 g/mol. The maximum Gasteiger partial charge on any atom is 0.273 e. The van der Waals surface area contributed by atoms with E-state index in [0.29, 0.717) is 31.9 Å². The molecule has 1 aliphatic rings. The van der Waals surface area contributed by atoms with Crippen LogP contribution in [0.1, 0.15) is 26.6 Å². The van der Waals surface area contributed by atoms with Crippen LogP contribution in [0.15, 0.2) is 60.0 Å². The molecule has 3 aromatic rings. The molecule has 0 bridgehead atoms. The molecule has 0 radical (unpaired) electrons. The molecular formula is C26H29N3O4S. The van der Waals surface area contributed by atoms with Gasteiger partial charge in [-0.1, -0.05) is 42.5 Å². The Balaban J connectivity index is 1.49. The number of nitrogens with zero attached hydrogens (tertiary/aromatic N) is 3. The molecule has 0 N–H and O–H groups in total. The van der Waals surface area contributed by atoms with E-state index in [0.717, 1.165) is 22.7 Å². The maximum absolute atomic E-state index is 13.1. The molecule has 7 nitrogen and oxygen atoms in total. The van der Waals surface area contributed by atoms with E-state index >= 15 is 0 Å². The van der Waals surface area contributed by atoms with Gasteiger partial charge in [0.2, 0.25) is 5.91 Å². The minimum atomic E-state index is -0.322. The summed E-state index contributed by atoms with van der Waals surface area (Å²) >= 11 is 1.42. The molecule has 178 valence electrons. The van der Waals surface area contributed by atoms with Crippen LogP contribution >= 0.6 is 11.3 Å². The first kappa shape index (κ1) is 23.9. The molecule has 8 heteroatoms. The first-order valence-corrected chi connectivity index (χ1v) is 12.2. The number of amides is 2. The van der Waals surface area contributed by atoms with Crippen LogP contribution in [0.5, 0.6) is 5.75 Å². The first-order valence-electron chi connectivity index (χ1n) is 11.3. The largest absolute Gasteiger partial charge is 0.497 e. The quantitative estimate of drug-likeness (QED) is 0.494. The number of aryl methyl sites for hydroxylation is 1. The van der Waals surface area contributed by atoms with Gasteiger partial charge < -0.3 is 19.3 Å². The lowest BCUT2D eigenvalue weighted by Crippen LogP contribution is -2.40. The van der Waals surface area contributed by atoms with E-state index < -0.39 is 0 Å². The van der Waals surface area contributed by atoms with Gasteiger partial charge in [0.15, 0.2) is 0 Å². The zero-order valence-electron chi connectivity index (χ0n) is 19.5. The van der Waals surface area contributed by atoms with E-state index in [4.69, 9.17) is 9.47 Å². The summed E-state index contributed by atoms with van der Waals surface area (Å²) in [7, 11) is 1.63. The molecular weight excluding hydrogens is 450 g/mol. The summed E-state index contributed by atoms with van der Waals surface area (Å²) in [6.07, 6.45) is 0.422. The Morgan fingerprint density at radius 2 is 1.91 bits per heavy atom. The highest BCUT2D eigenvalue weighted by Crippen LogP contribution is 2.18. The molecule has 2 heterocycles. The number of ether oxygens (including phenoxy) is 2. The summed E-state index contributed by atoms with van der Waals surface area (Å²) < 4.78 is 11.5. The standard InChI is InChI=1S/C26H29N3O4S/c1-19-27-24(18-34-19)26(31)29-15-23(33-17-21-9-6-10-22(13-21)32-2)14-28(25(30)16-29)12-11-20-7-4-3-5-8-20/h3-10,13,18,23H,11-12,14-17H2,1-2H3. The zero-order valence-corrected chi connectivity index (χ0v) is 20.3. The van der Waals surface area contributed by atoms with Crippen molar-refractivity contribution >= 4 is 23.2 Å². The van der Waals surface area contributed by atoms with Crippen LogP contribution in [0.2, 0.25) is 0 Å². The third-order valence-corrected chi connectivity index (χ3v) is 6.56. The second-order valence-corrected chi connectivity index (χ2v) is 9.36. The van der Waals surface area contributed by atoms with Crippen molar-refractivity contribution in [2.45, 2.75) is 26.1 Å². The van der Waals surface area contributed by atoms with Crippen molar-refractivity contribution in [1.29, 1.82) is 0 Å². The molecule has 1 unspecified atom stereocenters. The Kier molecular flexibility index (Phi) is 7.92. The molecule has 0 saturated carbocycles. The molecule has 1 aliphatic heterocycles. The van der Waals surface area contributed by atoms with Crippen molar-refractivity contribution in [3.63, 3.8) is 0 Å². The van der Waals surface area contributed by atoms with E-state index in [9.17, 15) is 9.59 Å². The average Bonchev–Trinajstić information content (AvgIpc) is 3.23. The predicted molar refractivity (Wildman–Crippen MR) is 131 cm³/mol. The molecule has 0 spiro atoms. The van der Waals surface area contributed by atoms with Crippen molar-refractivity contribution in [1.82, 2.24) is 14.8 Å². The predicted octanol–water partition coefficient (Wildman–Crippen LogP) is 3.57. The molecule has 2 amide bonds. The lowest BCUT2D eigenvalue weighted by Gasteiger charge is -2.25. The number of aromatic nitrogens is 1. The fraction of sp³-hybridized carbons (Fsp3) is 0.346. The molecule has 34 heavy (non-hydrogen) atoms. The van der Waals surface area contributed by atoms with Gasteiger partial charge in [0, 0.05) is 25.0 Å². The summed E-state index contributed by atoms with van der Waals surface area (Å²) in [6.45, 7) is 3.56. The van der Waals surface area contributed by atoms with Gasteiger partial charge in [-0.15, -0.1) is 11.3 Å². The van der Waals surface area contributed by atoms with Gasteiger partial charge in [0.05, 0.1) is 24.8 Å². The van der Waals surface area contributed by atoms with E-state index in [1.54, 1.807) is 17.4 Å². The molecule has 1 fully saturated rings. The Morgan fingerprint density at radius 3 is 2.65 bits per heavy atom. The number of thiazole rings is 1. The molecule has 2 aromatic carbocycles. The van der Waals surface area contributed by atoms with Gasteiger partial charge in [0.1, 0.15) is 18.0 Å². The van der Waals surface area contributed by atoms with Crippen LogP contribution in [-0.4, -0.2) is 66.0 Å². The zero-order chi connectivity index (χ0) is 23.9. The average molecular weight is 480 g/mol. The summed E-state index contributed by atoms with van der Waals surface area (Å²) in [5.74, 6) is 0.443. The SMILES string of the molecule is COc1cccc(COC2CN(CCc3ccccc3)C(=O)CN(C(=O)c3csc(C)n3)C2)c1. The molecule has 0 aliphatic carbocycles. The highest BCUT2D eigenvalue weighted by atomic mass is 32.1. The Hall–Kier alpha value is -3.23. The highest BCUT2D eigenvalue weighted by Gasteiger charge is 2.32. The Labute approximate surface area is 203 Å². The number of carbonyl (C=O) groups excluding carboxylic acids is 2. The van der Waals surface area contributed by atoms with Crippen LogP contribution in [0, 0.1) is 6.92 Å². The van der Waals surface area contributed by atoms with Crippen LogP contribution in [0.4, 0.5) is 0 Å². The number of methoxy groups -OCH3 is 1. The van der Waals surface area contributed by atoms with Crippen LogP contribution < -0.4 is 4.74 Å². The van der Waals surface area contributed by atoms with Crippen molar-refractivity contribution in [2.24, 2.45) is 0 Å². The summed E-state index contributed by atoms with van der Waals surface area (Å²) in [4.78, 5) is 34.0. The van der Waals surface area contributed by atoms with Gasteiger partial charge in [-0.3, -0.25) is 9.59 Å². The van der Waals surface area contributed by atoms with E-state index in [2.05, 4.69) is 17.1 Å². The van der Waals surface area contributed by atoms with Gasteiger partial charge in [0.25, 0.3) is 5.91 Å². The van der Waals surface area contributed by atoms with E-state index in [1.807, 2.05) is 54.3 Å². The molecule has 1 aromatic heterocycles. The molecule has 1 atom stereocenters. The molecule has 4 rings (SSSR count). The lowest BCUT2D eigenvalue weighted by molar-refractivity contribution is -0.131. The number of rotatable bonds is 8. The van der Waals surface area contributed by atoms with Crippen molar-refractivity contribution in [3.8, 4) is 5.75 Å². The smallest absolute Gasteiger partial charge is 0.273 e.